The fourth-order valence-electron chi connectivity index (χ4n) is 2.05. The summed E-state index contributed by atoms with van der Waals surface area (Å²) in [5.74, 6) is 0.864. The summed E-state index contributed by atoms with van der Waals surface area (Å²) in [4.78, 5) is 0. The highest BCUT2D eigenvalue weighted by Crippen LogP contribution is 2.25. The molecule has 0 aliphatic carbocycles. The van der Waals surface area contributed by atoms with Gasteiger partial charge in [-0.15, -0.1) is 0 Å². The lowest BCUT2D eigenvalue weighted by Gasteiger charge is -2.14. The van der Waals surface area contributed by atoms with E-state index < -0.39 is 0 Å². The smallest absolute Gasteiger partial charge is 0.124 e. The minimum Gasteiger partial charge on any atom is -0.494 e. The summed E-state index contributed by atoms with van der Waals surface area (Å²) in [6, 6.07) is 6.04. The molecule has 2 aromatic rings. The summed E-state index contributed by atoms with van der Waals surface area (Å²) in [5.41, 5.74) is 9.04. The van der Waals surface area contributed by atoms with E-state index in [-0.39, 0.29) is 6.04 Å². The van der Waals surface area contributed by atoms with Gasteiger partial charge in [-0.2, -0.15) is 5.10 Å². The molecule has 5 heteroatoms. The molecule has 1 aromatic heterocycles. The van der Waals surface area contributed by atoms with Crippen molar-refractivity contribution in [3.63, 3.8) is 0 Å². The van der Waals surface area contributed by atoms with E-state index in [2.05, 4.69) is 11.2 Å². The fraction of sp³-hybridized carbons (Fsp3) is 0.400. The van der Waals surface area contributed by atoms with E-state index in [1.807, 2.05) is 37.6 Å². The molecule has 0 aliphatic heterocycles. The molecular weight excluding hydrogens is 274 g/mol. The van der Waals surface area contributed by atoms with Gasteiger partial charge in [0.1, 0.15) is 5.75 Å². The van der Waals surface area contributed by atoms with Gasteiger partial charge in [0.15, 0.2) is 0 Å². The predicted molar refractivity (Wildman–Crippen MR) is 81.3 cm³/mol. The summed E-state index contributed by atoms with van der Waals surface area (Å²) in [7, 11) is 0. The molecule has 20 heavy (non-hydrogen) atoms. The first-order valence-corrected chi connectivity index (χ1v) is 7.09. The molecule has 1 atom stereocenters. The molecule has 0 fully saturated rings. The molecule has 1 aromatic carbocycles. The second-order valence-electron chi connectivity index (χ2n) is 4.82. The molecule has 0 spiro atoms. The van der Waals surface area contributed by atoms with Crippen molar-refractivity contribution in [1.82, 2.24) is 9.78 Å². The normalized spacial score (nSPS) is 12.4. The third-order valence-electron chi connectivity index (χ3n) is 3.27. The number of nitrogens with two attached hydrogens (primary N) is 1. The van der Waals surface area contributed by atoms with Gasteiger partial charge >= 0.3 is 0 Å². The van der Waals surface area contributed by atoms with Crippen molar-refractivity contribution in [1.29, 1.82) is 0 Å². The quantitative estimate of drug-likeness (QED) is 0.920. The van der Waals surface area contributed by atoms with Crippen molar-refractivity contribution >= 4 is 11.6 Å². The highest BCUT2D eigenvalue weighted by Gasteiger charge is 2.11. The van der Waals surface area contributed by atoms with E-state index in [0.29, 0.717) is 18.2 Å². The molecule has 0 amide bonds. The minimum atomic E-state index is -0.00765. The molecule has 0 aliphatic rings. The zero-order chi connectivity index (χ0) is 14.7. The van der Waals surface area contributed by atoms with Gasteiger partial charge in [-0.05, 0) is 38.5 Å². The van der Waals surface area contributed by atoms with Crippen LogP contribution in [0.25, 0.3) is 0 Å². The second-order valence-corrected chi connectivity index (χ2v) is 5.23. The molecule has 2 rings (SSSR count). The van der Waals surface area contributed by atoms with Gasteiger partial charge in [0, 0.05) is 11.6 Å². The average Bonchev–Trinajstić information content (AvgIpc) is 2.73. The molecule has 1 heterocycles. The maximum atomic E-state index is 6.04. The summed E-state index contributed by atoms with van der Waals surface area (Å²) in [5, 5.41) is 4.96. The molecular formula is C15H20ClN3O. The van der Waals surface area contributed by atoms with Gasteiger partial charge < -0.3 is 10.5 Å². The van der Waals surface area contributed by atoms with Gasteiger partial charge in [-0.25, -0.2) is 0 Å². The van der Waals surface area contributed by atoms with Crippen LogP contribution >= 0.6 is 11.6 Å². The fourth-order valence-corrected chi connectivity index (χ4v) is 2.19. The Hall–Kier alpha value is -1.52. The number of benzene rings is 1. The van der Waals surface area contributed by atoms with Crippen LogP contribution in [0.3, 0.4) is 0 Å². The summed E-state index contributed by atoms with van der Waals surface area (Å²) < 4.78 is 7.54. The third-order valence-corrected chi connectivity index (χ3v) is 3.64. The van der Waals surface area contributed by atoms with Crippen molar-refractivity contribution in [2.24, 2.45) is 5.73 Å². The van der Waals surface area contributed by atoms with Crippen LogP contribution in [0.2, 0.25) is 5.02 Å². The van der Waals surface area contributed by atoms with E-state index in [1.54, 1.807) is 6.20 Å². The number of aromatic nitrogens is 2. The first-order valence-electron chi connectivity index (χ1n) is 6.72. The van der Waals surface area contributed by atoms with E-state index in [1.165, 1.54) is 0 Å². The summed E-state index contributed by atoms with van der Waals surface area (Å²) in [6.45, 7) is 7.14. The zero-order valence-corrected chi connectivity index (χ0v) is 12.8. The first kappa shape index (κ1) is 14.9. The Morgan fingerprint density at radius 2 is 2.20 bits per heavy atom. The monoisotopic (exact) mass is 293 g/mol. The topological polar surface area (TPSA) is 53.1 Å². The van der Waals surface area contributed by atoms with Crippen LogP contribution in [0.4, 0.5) is 0 Å². The standard InChI is InChI=1S/C15H20ClN3O/c1-4-20-15-6-5-12(10(2)17)7-13(15)9-19-11(3)14(16)8-18-19/h5-8,10H,4,9,17H2,1-3H3. The Bertz CT molecular complexity index is 593. The van der Waals surface area contributed by atoms with Crippen molar-refractivity contribution in [2.75, 3.05) is 6.61 Å². The SMILES string of the molecule is CCOc1ccc(C(C)N)cc1Cn1ncc(Cl)c1C. The van der Waals surface area contributed by atoms with Crippen molar-refractivity contribution in [2.45, 2.75) is 33.4 Å². The third kappa shape index (κ3) is 3.14. The number of ether oxygens (including phenoxy) is 1. The van der Waals surface area contributed by atoms with Crippen molar-refractivity contribution < 1.29 is 4.74 Å². The average molecular weight is 294 g/mol. The zero-order valence-electron chi connectivity index (χ0n) is 12.1. The Labute approximate surface area is 124 Å². The van der Waals surface area contributed by atoms with Crippen LogP contribution in [0.1, 0.15) is 36.7 Å². The van der Waals surface area contributed by atoms with Crippen LogP contribution in [-0.2, 0) is 6.54 Å². The summed E-state index contributed by atoms with van der Waals surface area (Å²) in [6.07, 6.45) is 1.66. The Balaban J connectivity index is 2.36. The molecule has 2 N–H and O–H groups in total. The second kappa shape index (κ2) is 6.29. The lowest BCUT2D eigenvalue weighted by molar-refractivity contribution is 0.335. The van der Waals surface area contributed by atoms with E-state index in [9.17, 15) is 0 Å². The number of hydrogen-bond donors (Lipinski definition) is 1. The van der Waals surface area contributed by atoms with Crippen molar-refractivity contribution in [3.8, 4) is 5.75 Å². The van der Waals surface area contributed by atoms with E-state index >= 15 is 0 Å². The van der Waals surface area contributed by atoms with E-state index in [0.717, 1.165) is 22.6 Å². The van der Waals surface area contributed by atoms with Gasteiger partial charge in [-0.3, -0.25) is 4.68 Å². The lowest BCUT2D eigenvalue weighted by Crippen LogP contribution is -2.09. The number of hydrogen-bond acceptors (Lipinski definition) is 3. The van der Waals surface area contributed by atoms with Crippen LogP contribution in [-0.4, -0.2) is 16.4 Å². The molecule has 1 unspecified atom stereocenters. The van der Waals surface area contributed by atoms with Crippen LogP contribution in [0, 0.1) is 6.92 Å². The van der Waals surface area contributed by atoms with Gasteiger partial charge in [-0.1, -0.05) is 17.7 Å². The van der Waals surface area contributed by atoms with Crippen LogP contribution in [0.15, 0.2) is 24.4 Å². The number of rotatable bonds is 5. The van der Waals surface area contributed by atoms with Gasteiger partial charge in [0.05, 0.1) is 30.1 Å². The van der Waals surface area contributed by atoms with Crippen LogP contribution in [0.5, 0.6) is 5.75 Å². The molecule has 0 radical (unpaired) electrons. The maximum Gasteiger partial charge on any atom is 0.124 e. The van der Waals surface area contributed by atoms with Crippen LogP contribution < -0.4 is 10.5 Å². The van der Waals surface area contributed by atoms with Gasteiger partial charge in [0.2, 0.25) is 0 Å². The minimum absolute atomic E-state index is 0.00765. The Morgan fingerprint density at radius 1 is 1.45 bits per heavy atom. The largest absolute Gasteiger partial charge is 0.494 e. The highest BCUT2D eigenvalue weighted by molar-refractivity contribution is 6.31. The molecule has 108 valence electrons. The number of nitrogens with zero attached hydrogens (tertiary/aromatic N) is 2. The van der Waals surface area contributed by atoms with Gasteiger partial charge in [0.25, 0.3) is 0 Å². The Morgan fingerprint density at radius 3 is 2.75 bits per heavy atom. The predicted octanol–water partition coefficient (Wildman–Crippen LogP) is 3.31. The van der Waals surface area contributed by atoms with E-state index in [4.69, 9.17) is 22.1 Å². The molecule has 0 saturated heterocycles. The number of halogens is 1. The molecule has 0 bridgehead atoms. The maximum absolute atomic E-state index is 6.04. The lowest BCUT2D eigenvalue weighted by atomic mass is 10.0. The molecule has 0 saturated carbocycles. The first-order chi connectivity index (χ1) is 9.52. The highest BCUT2D eigenvalue weighted by atomic mass is 35.5. The Kier molecular flexibility index (Phi) is 4.68. The summed E-state index contributed by atoms with van der Waals surface area (Å²) >= 11 is 6.04. The molecule has 4 nitrogen and oxygen atoms in total. The van der Waals surface area contributed by atoms with Crippen molar-refractivity contribution in [3.05, 3.63) is 46.2 Å².